The third kappa shape index (κ3) is 4.20. The van der Waals surface area contributed by atoms with Crippen molar-refractivity contribution in [2.45, 2.75) is 32.2 Å². The first kappa shape index (κ1) is 15.3. The van der Waals surface area contributed by atoms with E-state index in [0.29, 0.717) is 19.3 Å². The summed E-state index contributed by atoms with van der Waals surface area (Å²) in [7, 11) is 0. The van der Waals surface area contributed by atoms with Crippen LogP contribution in [-0.2, 0) is 4.74 Å². The molecule has 2 N–H and O–H groups in total. The summed E-state index contributed by atoms with van der Waals surface area (Å²) in [5.41, 5.74) is 2.49. The van der Waals surface area contributed by atoms with E-state index >= 15 is 0 Å². The maximum absolute atomic E-state index is 8.64. The molecular formula is C16H25NO3. The van der Waals surface area contributed by atoms with Crippen molar-refractivity contribution >= 4 is 0 Å². The van der Waals surface area contributed by atoms with Gasteiger partial charge in [0.25, 0.3) is 0 Å². The number of ether oxygens (including phenoxy) is 2. The Morgan fingerprint density at radius 3 is 3.15 bits per heavy atom. The number of hydrogen-bond donors (Lipinski definition) is 2. The van der Waals surface area contributed by atoms with Crippen molar-refractivity contribution in [2.24, 2.45) is 0 Å². The maximum atomic E-state index is 8.64. The molecule has 4 heteroatoms. The SMILES string of the molecule is Cc1cccc2c1OCCCC2NCCCOCCO. The lowest BCUT2D eigenvalue weighted by atomic mass is 10.00. The second-order valence-electron chi connectivity index (χ2n) is 5.18. The summed E-state index contributed by atoms with van der Waals surface area (Å²) in [6.45, 7) is 5.04. The highest BCUT2D eigenvalue weighted by molar-refractivity contribution is 5.43. The van der Waals surface area contributed by atoms with Crippen molar-refractivity contribution < 1.29 is 14.6 Å². The van der Waals surface area contributed by atoms with Crippen LogP contribution >= 0.6 is 0 Å². The standard InChI is InChI=1S/C16H25NO3/c1-13-5-2-6-14-15(7-3-11-20-16(13)14)17-8-4-10-19-12-9-18/h2,5-6,15,17-18H,3-4,7-12H2,1H3. The van der Waals surface area contributed by atoms with Gasteiger partial charge in [0.1, 0.15) is 5.75 Å². The molecule has 1 unspecified atom stereocenters. The molecule has 1 aliphatic rings. The Bertz CT molecular complexity index is 409. The van der Waals surface area contributed by atoms with Gasteiger partial charge >= 0.3 is 0 Å². The third-order valence-corrected chi connectivity index (χ3v) is 3.59. The number of hydrogen-bond acceptors (Lipinski definition) is 4. The molecule has 0 saturated carbocycles. The molecule has 1 atom stereocenters. The van der Waals surface area contributed by atoms with Crippen molar-refractivity contribution in [3.8, 4) is 5.75 Å². The van der Waals surface area contributed by atoms with Crippen LogP contribution in [0.1, 0.15) is 36.4 Å². The number of nitrogens with one attached hydrogen (secondary N) is 1. The molecule has 0 aliphatic carbocycles. The minimum atomic E-state index is 0.0973. The first-order valence-corrected chi connectivity index (χ1v) is 7.47. The van der Waals surface area contributed by atoms with Gasteiger partial charge in [0, 0.05) is 18.2 Å². The van der Waals surface area contributed by atoms with Gasteiger partial charge < -0.3 is 19.9 Å². The third-order valence-electron chi connectivity index (χ3n) is 3.59. The van der Waals surface area contributed by atoms with Crippen LogP contribution in [0.3, 0.4) is 0 Å². The van der Waals surface area contributed by atoms with Gasteiger partial charge in [-0.25, -0.2) is 0 Å². The molecule has 0 radical (unpaired) electrons. The van der Waals surface area contributed by atoms with Gasteiger partial charge in [0.05, 0.1) is 19.8 Å². The van der Waals surface area contributed by atoms with Crippen LogP contribution in [-0.4, -0.2) is 38.1 Å². The quantitative estimate of drug-likeness (QED) is 0.751. The first-order valence-electron chi connectivity index (χ1n) is 7.47. The fourth-order valence-electron chi connectivity index (χ4n) is 2.59. The van der Waals surface area contributed by atoms with E-state index in [2.05, 4.69) is 30.4 Å². The van der Waals surface area contributed by atoms with Crippen LogP contribution in [0.15, 0.2) is 18.2 Å². The summed E-state index contributed by atoms with van der Waals surface area (Å²) in [5, 5.41) is 12.2. The van der Waals surface area contributed by atoms with Crippen molar-refractivity contribution in [3.63, 3.8) is 0 Å². The Hall–Kier alpha value is -1.10. The maximum Gasteiger partial charge on any atom is 0.126 e. The minimum Gasteiger partial charge on any atom is -0.493 e. The van der Waals surface area contributed by atoms with E-state index in [1.54, 1.807) is 0 Å². The van der Waals surface area contributed by atoms with Crippen molar-refractivity contribution in [1.82, 2.24) is 5.32 Å². The molecule has 0 aromatic heterocycles. The van der Waals surface area contributed by atoms with E-state index in [9.17, 15) is 0 Å². The molecule has 0 bridgehead atoms. The van der Waals surface area contributed by atoms with E-state index in [4.69, 9.17) is 14.6 Å². The summed E-state index contributed by atoms with van der Waals surface area (Å²) < 4.78 is 11.1. The summed E-state index contributed by atoms with van der Waals surface area (Å²) in [5.74, 6) is 1.05. The normalized spacial score (nSPS) is 18.2. The second-order valence-corrected chi connectivity index (χ2v) is 5.18. The Morgan fingerprint density at radius 2 is 2.30 bits per heavy atom. The fraction of sp³-hybridized carbons (Fsp3) is 0.625. The van der Waals surface area contributed by atoms with E-state index in [1.807, 2.05) is 0 Å². The molecule has 0 amide bonds. The van der Waals surface area contributed by atoms with Crippen LogP contribution in [0, 0.1) is 6.92 Å². The number of rotatable bonds is 7. The second kappa shape index (κ2) is 8.25. The monoisotopic (exact) mass is 279 g/mol. The lowest BCUT2D eigenvalue weighted by Gasteiger charge is -2.19. The zero-order chi connectivity index (χ0) is 14.2. The summed E-state index contributed by atoms with van der Waals surface area (Å²) in [6.07, 6.45) is 3.14. The lowest BCUT2D eigenvalue weighted by Crippen LogP contribution is -2.23. The average molecular weight is 279 g/mol. The Balaban J connectivity index is 1.87. The molecule has 112 valence electrons. The van der Waals surface area contributed by atoms with Crippen LogP contribution < -0.4 is 10.1 Å². The average Bonchev–Trinajstić information content (AvgIpc) is 2.66. The number of aryl methyl sites for hydroxylation is 1. The van der Waals surface area contributed by atoms with Crippen LogP contribution in [0.4, 0.5) is 0 Å². The van der Waals surface area contributed by atoms with Gasteiger partial charge in [-0.05, 0) is 38.3 Å². The Morgan fingerprint density at radius 1 is 1.40 bits per heavy atom. The molecule has 0 fully saturated rings. The number of benzene rings is 1. The highest BCUT2D eigenvalue weighted by Gasteiger charge is 2.20. The molecular weight excluding hydrogens is 254 g/mol. The fourth-order valence-corrected chi connectivity index (χ4v) is 2.59. The summed E-state index contributed by atoms with van der Waals surface area (Å²) in [6, 6.07) is 6.73. The van der Waals surface area contributed by atoms with Gasteiger partial charge in [-0.1, -0.05) is 18.2 Å². The van der Waals surface area contributed by atoms with Crippen molar-refractivity contribution in [2.75, 3.05) is 33.0 Å². The van der Waals surface area contributed by atoms with Crippen LogP contribution in [0.2, 0.25) is 0 Å². The Kier molecular flexibility index (Phi) is 6.30. The van der Waals surface area contributed by atoms with Gasteiger partial charge in [-0.2, -0.15) is 0 Å². The molecule has 4 nitrogen and oxygen atoms in total. The number of aliphatic hydroxyl groups excluding tert-OH is 1. The van der Waals surface area contributed by atoms with Crippen LogP contribution in [0.5, 0.6) is 5.75 Å². The predicted molar refractivity (Wildman–Crippen MR) is 79.2 cm³/mol. The molecule has 20 heavy (non-hydrogen) atoms. The topological polar surface area (TPSA) is 50.7 Å². The smallest absolute Gasteiger partial charge is 0.126 e. The van der Waals surface area contributed by atoms with E-state index in [-0.39, 0.29) is 6.61 Å². The highest BCUT2D eigenvalue weighted by atomic mass is 16.5. The zero-order valence-electron chi connectivity index (χ0n) is 12.2. The molecule has 2 rings (SSSR count). The van der Waals surface area contributed by atoms with E-state index in [1.165, 1.54) is 11.1 Å². The van der Waals surface area contributed by atoms with Crippen molar-refractivity contribution in [1.29, 1.82) is 0 Å². The molecule has 0 saturated heterocycles. The van der Waals surface area contributed by atoms with Gasteiger partial charge in [0.15, 0.2) is 0 Å². The zero-order valence-corrected chi connectivity index (χ0v) is 12.2. The molecule has 1 aliphatic heterocycles. The first-order chi connectivity index (χ1) is 9.83. The Labute approximate surface area is 121 Å². The lowest BCUT2D eigenvalue weighted by molar-refractivity contribution is 0.0903. The number of fused-ring (bicyclic) bond motifs is 1. The predicted octanol–water partition coefficient (Wildman–Crippen LogP) is 2.20. The number of para-hydroxylation sites is 1. The van der Waals surface area contributed by atoms with Crippen molar-refractivity contribution in [3.05, 3.63) is 29.3 Å². The van der Waals surface area contributed by atoms with Gasteiger partial charge in [0.2, 0.25) is 0 Å². The van der Waals surface area contributed by atoms with E-state index < -0.39 is 0 Å². The highest BCUT2D eigenvalue weighted by Crippen LogP contribution is 2.33. The number of aliphatic hydroxyl groups is 1. The minimum absolute atomic E-state index is 0.0973. The largest absolute Gasteiger partial charge is 0.493 e. The molecule has 1 aromatic rings. The molecule has 1 aromatic carbocycles. The van der Waals surface area contributed by atoms with E-state index in [0.717, 1.165) is 38.2 Å². The van der Waals surface area contributed by atoms with Gasteiger partial charge in [-0.3, -0.25) is 0 Å². The summed E-state index contributed by atoms with van der Waals surface area (Å²) in [4.78, 5) is 0. The van der Waals surface area contributed by atoms with Crippen LogP contribution in [0.25, 0.3) is 0 Å². The van der Waals surface area contributed by atoms with Gasteiger partial charge in [-0.15, -0.1) is 0 Å². The molecule has 1 heterocycles. The summed E-state index contributed by atoms with van der Waals surface area (Å²) >= 11 is 0. The molecule has 0 spiro atoms.